The van der Waals surface area contributed by atoms with Gasteiger partial charge in [-0.3, -0.25) is 4.79 Å². The quantitative estimate of drug-likeness (QED) is 0.552. The van der Waals surface area contributed by atoms with Gasteiger partial charge in [-0.2, -0.15) is 0 Å². The van der Waals surface area contributed by atoms with Crippen LogP contribution in [0.3, 0.4) is 0 Å². The summed E-state index contributed by atoms with van der Waals surface area (Å²) in [5.41, 5.74) is 0. The summed E-state index contributed by atoms with van der Waals surface area (Å²) >= 11 is 0. The molecule has 0 unspecified atom stereocenters. The van der Waals surface area contributed by atoms with Gasteiger partial charge in [0, 0.05) is 32.6 Å². The van der Waals surface area contributed by atoms with Crippen LogP contribution in [-0.4, -0.2) is 37.0 Å². The molecule has 0 aromatic heterocycles. The fourth-order valence-corrected chi connectivity index (χ4v) is 2.61. The highest BCUT2D eigenvalue weighted by atomic mass is 16.2. The molecule has 0 saturated carbocycles. The van der Waals surface area contributed by atoms with Crippen LogP contribution in [0.2, 0.25) is 0 Å². The van der Waals surface area contributed by atoms with E-state index in [1.54, 1.807) is 0 Å². The Balaban J connectivity index is 1.75. The molecular formula is C12H20N2O. The standard InChI is InChI=1S/C12H20N2O/c1-2-3-4-5-12(15)14-8-10-6-13-7-11(10)9-14/h2,10-11,13H,1,3-9H2/t10-,11+. The predicted octanol–water partition coefficient (Wildman–Crippen LogP) is 1.02. The molecule has 2 fully saturated rings. The fraction of sp³-hybridized carbons (Fsp3) is 0.750. The van der Waals surface area contributed by atoms with Crippen molar-refractivity contribution >= 4 is 5.91 Å². The molecule has 2 aliphatic rings. The number of amides is 1. The number of hydrogen-bond donors (Lipinski definition) is 1. The van der Waals surface area contributed by atoms with Crippen molar-refractivity contribution in [2.24, 2.45) is 11.8 Å². The Kier molecular flexibility index (Phi) is 3.41. The minimum atomic E-state index is 0.339. The van der Waals surface area contributed by atoms with E-state index in [2.05, 4.69) is 16.8 Å². The summed E-state index contributed by atoms with van der Waals surface area (Å²) in [5.74, 6) is 1.77. The van der Waals surface area contributed by atoms with Crippen LogP contribution >= 0.6 is 0 Å². The molecule has 1 N–H and O–H groups in total. The fourth-order valence-electron chi connectivity index (χ4n) is 2.61. The number of hydrogen-bond acceptors (Lipinski definition) is 2. The second-order valence-electron chi connectivity index (χ2n) is 4.66. The molecule has 0 radical (unpaired) electrons. The summed E-state index contributed by atoms with van der Waals surface area (Å²) in [7, 11) is 0. The van der Waals surface area contributed by atoms with Crippen molar-refractivity contribution in [2.45, 2.75) is 19.3 Å². The maximum absolute atomic E-state index is 11.8. The Hall–Kier alpha value is -0.830. The zero-order valence-electron chi connectivity index (χ0n) is 9.24. The smallest absolute Gasteiger partial charge is 0.222 e. The van der Waals surface area contributed by atoms with Crippen LogP contribution < -0.4 is 5.32 Å². The SMILES string of the molecule is C=CCCCC(=O)N1C[C@H]2CNC[C@H]2C1. The molecule has 2 heterocycles. The van der Waals surface area contributed by atoms with E-state index in [0.717, 1.165) is 39.0 Å². The summed E-state index contributed by atoms with van der Waals surface area (Å²) in [6.07, 6.45) is 4.48. The number of fused-ring (bicyclic) bond motifs is 1. The second-order valence-corrected chi connectivity index (χ2v) is 4.66. The maximum Gasteiger partial charge on any atom is 0.222 e. The first-order chi connectivity index (χ1) is 7.31. The van der Waals surface area contributed by atoms with Gasteiger partial charge < -0.3 is 10.2 Å². The highest BCUT2D eigenvalue weighted by Gasteiger charge is 2.37. The molecule has 3 heteroatoms. The van der Waals surface area contributed by atoms with Crippen LogP contribution in [0.15, 0.2) is 12.7 Å². The van der Waals surface area contributed by atoms with E-state index in [-0.39, 0.29) is 0 Å². The normalized spacial score (nSPS) is 29.2. The lowest BCUT2D eigenvalue weighted by Gasteiger charge is -2.17. The first-order valence-corrected chi connectivity index (χ1v) is 5.90. The molecule has 2 saturated heterocycles. The Bertz CT molecular complexity index is 240. The number of carbonyl (C=O) groups excluding carboxylic acids is 1. The summed E-state index contributed by atoms with van der Waals surface area (Å²) < 4.78 is 0. The van der Waals surface area contributed by atoms with Gasteiger partial charge in [0.25, 0.3) is 0 Å². The number of allylic oxidation sites excluding steroid dienone is 1. The molecule has 0 spiro atoms. The molecule has 84 valence electrons. The van der Waals surface area contributed by atoms with Crippen molar-refractivity contribution in [3.63, 3.8) is 0 Å². The third-order valence-electron chi connectivity index (χ3n) is 3.54. The van der Waals surface area contributed by atoms with Crippen molar-refractivity contribution in [3.05, 3.63) is 12.7 Å². The zero-order valence-corrected chi connectivity index (χ0v) is 9.24. The van der Waals surface area contributed by atoms with Gasteiger partial charge in [0.2, 0.25) is 5.91 Å². The molecular weight excluding hydrogens is 188 g/mol. The Morgan fingerprint density at radius 3 is 2.67 bits per heavy atom. The molecule has 15 heavy (non-hydrogen) atoms. The van der Waals surface area contributed by atoms with Crippen LogP contribution in [0.5, 0.6) is 0 Å². The van der Waals surface area contributed by atoms with Crippen LogP contribution in [0.4, 0.5) is 0 Å². The number of nitrogens with one attached hydrogen (secondary N) is 1. The van der Waals surface area contributed by atoms with E-state index in [4.69, 9.17) is 0 Å². The Labute approximate surface area is 91.5 Å². The topological polar surface area (TPSA) is 32.3 Å². The van der Waals surface area contributed by atoms with Crippen molar-refractivity contribution < 1.29 is 4.79 Å². The summed E-state index contributed by atoms with van der Waals surface area (Å²) in [5, 5.41) is 3.38. The Morgan fingerprint density at radius 1 is 1.40 bits per heavy atom. The van der Waals surface area contributed by atoms with Gasteiger partial charge in [-0.25, -0.2) is 0 Å². The number of carbonyl (C=O) groups is 1. The maximum atomic E-state index is 11.8. The average molecular weight is 208 g/mol. The van der Waals surface area contributed by atoms with E-state index < -0.39 is 0 Å². The van der Waals surface area contributed by atoms with Gasteiger partial charge in [0.1, 0.15) is 0 Å². The first kappa shape index (κ1) is 10.7. The molecule has 1 amide bonds. The number of rotatable bonds is 4. The van der Waals surface area contributed by atoms with E-state index in [0.29, 0.717) is 24.2 Å². The van der Waals surface area contributed by atoms with E-state index in [9.17, 15) is 4.79 Å². The number of likely N-dealkylation sites (tertiary alicyclic amines) is 1. The molecule has 2 atom stereocenters. The van der Waals surface area contributed by atoms with Gasteiger partial charge >= 0.3 is 0 Å². The highest BCUT2D eigenvalue weighted by Crippen LogP contribution is 2.26. The van der Waals surface area contributed by atoms with Gasteiger partial charge in [-0.1, -0.05) is 6.08 Å². The largest absolute Gasteiger partial charge is 0.342 e. The average Bonchev–Trinajstić information content (AvgIpc) is 2.76. The number of unbranched alkanes of at least 4 members (excludes halogenated alkanes) is 1. The lowest BCUT2D eigenvalue weighted by Crippen LogP contribution is -2.31. The first-order valence-electron chi connectivity index (χ1n) is 5.90. The summed E-state index contributed by atoms with van der Waals surface area (Å²) in [6.45, 7) is 7.82. The second kappa shape index (κ2) is 4.79. The Morgan fingerprint density at radius 2 is 2.07 bits per heavy atom. The zero-order chi connectivity index (χ0) is 10.7. The van der Waals surface area contributed by atoms with Crippen molar-refractivity contribution in [1.82, 2.24) is 10.2 Å². The molecule has 0 bridgehead atoms. The summed E-state index contributed by atoms with van der Waals surface area (Å²) in [6, 6.07) is 0. The lowest BCUT2D eigenvalue weighted by molar-refractivity contribution is -0.130. The van der Waals surface area contributed by atoms with Crippen molar-refractivity contribution in [3.8, 4) is 0 Å². The van der Waals surface area contributed by atoms with Crippen LogP contribution in [-0.2, 0) is 4.79 Å². The van der Waals surface area contributed by atoms with Gasteiger partial charge in [-0.05, 0) is 24.7 Å². The molecule has 2 rings (SSSR count). The van der Waals surface area contributed by atoms with Gasteiger partial charge in [-0.15, -0.1) is 6.58 Å². The highest BCUT2D eigenvalue weighted by molar-refractivity contribution is 5.76. The van der Waals surface area contributed by atoms with Crippen molar-refractivity contribution in [1.29, 1.82) is 0 Å². The molecule has 2 aliphatic heterocycles. The third-order valence-corrected chi connectivity index (χ3v) is 3.54. The van der Waals surface area contributed by atoms with E-state index in [1.165, 1.54) is 0 Å². The minimum Gasteiger partial charge on any atom is -0.342 e. The number of nitrogens with zero attached hydrogens (tertiary/aromatic N) is 1. The molecule has 3 nitrogen and oxygen atoms in total. The minimum absolute atomic E-state index is 0.339. The summed E-state index contributed by atoms with van der Waals surface area (Å²) in [4.78, 5) is 13.9. The van der Waals surface area contributed by atoms with Gasteiger partial charge in [0.15, 0.2) is 0 Å². The van der Waals surface area contributed by atoms with Crippen LogP contribution in [0, 0.1) is 11.8 Å². The van der Waals surface area contributed by atoms with E-state index in [1.807, 2.05) is 6.08 Å². The van der Waals surface area contributed by atoms with Crippen molar-refractivity contribution in [2.75, 3.05) is 26.2 Å². The van der Waals surface area contributed by atoms with Gasteiger partial charge in [0.05, 0.1) is 0 Å². The monoisotopic (exact) mass is 208 g/mol. The molecule has 0 aromatic carbocycles. The predicted molar refractivity (Wildman–Crippen MR) is 60.5 cm³/mol. The molecule has 0 aliphatic carbocycles. The lowest BCUT2D eigenvalue weighted by atomic mass is 10.0. The third kappa shape index (κ3) is 2.40. The van der Waals surface area contributed by atoms with Crippen LogP contribution in [0.25, 0.3) is 0 Å². The molecule has 0 aromatic rings. The van der Waals surface area contributed by atoms with Crippen LogP contribution in [0.1, 0.15) is 19.3 Å². The van der Waals surface area contributed by atoms with E-state index >= 15 is 0 Å².